The molecule has 4 rings (SSSR count). The van der Waals surface area contributed by atoms with Crippen molar-refractivity contribution in [3.8, 4) is 17.0 Å². The van der Waals surface area contributed by atoms with Crippen molar-refractivity contribution in [1.29, 1.82) is 0 Å². The molecule has 1 aliphatic carbocycles. The summed E-state index contributed by atoms with van der Waals surface area (Å²) >= 11 is 1.58. The fourth-order valence-electron chi connectivity index (χ4n) is 4.25. The molecule has 3 unspecified atom stereocenters. The second-order valence-corrected chi connectivity index (χ2v) is 7.84. The van der Waals surface area contributed by atoms with E-state index >= 15 is 0 Å². The monoisotopic (exact) mass is 370 g/mol. The van der Waals surface area contributed by atoms with Crippen molar-refractivity contribution in [1.82, 2.24) is 4.98 Å². The maximum Gasteiger partial charge on any atom is 0.313 e. The number of carbonyl (C=O) groups excluding carboxylic acids is 1. The van der Waals surface area contributed by atoms with Crippen LogP contribution in [0.3, 0.4) is 0 Å². The first kappa shape index (κ1) is 17.1. The van der Waals surface area contributed by atoms with Crippen molar-refractivity contribution >= 4 is 22.4 Å². The average Bonchev–Trinajstić information content (AvgIpc) is 3.24. The van der Waals surface area contributed by atoms with Gasteiger partial charge >= 0.3 is 5.97 Å². The molecule has 1 aliphatic heterocycles. The Hall–Kier alpha value is -2.34. The third kappa shape index (κ3) is 2.60. The van der Waals surface area contributed by atoms with Crippen molar-refractivity contribution in [2.24, 2.45) is 17.8 Å². The van der Waals surface area contributed by atoms with Crippen LogP contribution in [-0.4, -0.2) is 36.3 Å². The van der Waals surface area contributed by atoms with Gasteiger partial charge in [-0.05, 0) is 26.0 Å². The number of hydrogen-bond donors (Lipinski definition) is 1. The SMILES string of the molecule is C/C=C1\C2CN(c3nc(-c4cc(C)ccc4O)cs3)CC2C1C(=O)OC. The van der Waals surface area contributed by atoms with Gasteiger partial charge in [0, 0.05) is 35.9 Å². The number of anilines is 1. The Balaban J connectivity index is 1.57. The average molecular weight is 370 g/mol. The number of aromatic nitrogens is 1. The molecule has 136 valence electrons. The third-order valence-corrected chi connectivity index (χ3v) is 6.46. The van der Waals surface area contributed by atoms with Crippen molar-refractivity contribution in [2.75, 3.05) is 25.1 Å². The highest BCUT2D eigenvalue weighted by molar-refractivity contribution is 7.14. The molecule has 1 aromatic carbocycles. The standard InChI is InChI=1S/C20H22N2O3S/c1-4-12-14-8-22(9-15(14)18(12)19(24)25-3)20-21-16(10-26-20)13-7-11(2)5-6-17(13)23/h4-7,10,14-15,18,23H,8-9H2,1-3H3/b12-4+. The van der Waals surface area contributed by atoms with Gasteiger partial charge in [-0.15, -0.1) is 11.3 Å². The van der Waals surface area contributed by atoms with Gasteiger partial charge in [-0.2, -0.15) is 0 Å². The summed E-state index contributed by atoms with van der Waals surface area (Å²) in [4.78, 5) is 19.1. The van der Waals surface area contributed by atoms with Crippen LogP contribution < -0.4 is 4.90 Å². The Kier molecular flexibility index (Phi) is 4.23. The first-order valence-electron chi connectivity index (χ1n) is 8.78. The molecule has 3 atom stereocenters. The number of nitrogens with zero attached hydrogens (tertiary/aromatic N) is 2. The van der Waals surface area contributed by atoms with Gasteiger partial charge in [-0.3, -0.25) is 4.79 Å². The van der Waals surface area contributed by atoms with Gasteiger partial charge < -0.3 is 14.7 Å². The van der Waals surface area contributed by atoms with E-state index in [1.165, 1.54) is 12.7 Å². The third-order valence-electron chi connectivity index (χ3n) is 5.56. The van der Waals surface area contributed by atoms with Gasteiger partial charge in [0.2, 0.25) is 0 Å². The molecule has 0 amide bonds. The van der Waals surface area contributed by atoms with Crippen molar-refractivity contribution < 1.29 is 14.6 Å². The maximum atomic E-state index is 12.1. The van der Waals surface area contributed by atoms with Crippen molar-refractivity contribution in [3.63, 3.8) is 0 Å². The minimum absolute atomic E-state index is 0.111. The van der Waals surface area contributed by atoms with E-state index in [0.717, 1.165) is 35.0 Å². The van der Waals surface area contributed by atoms with Crippen LogP contribution in [0.25, 0.3) is 11.3 Å². The number of thiazole rings is 1. The number of phenolic OH excluding ortho intramolecular Hbond substituents is 1. The maximum absolute atomic E-state index is 12.1. The van der Waals surface area contributed by atoms with E-state index in [1.54, 1.807) is 17.4 Å². The summed E-state index contributed by atoms with van der Waals surface area (Å²) < 4.78 is 4.98. The number of fused-ring (bicyclic) bond motifs is 1. The molecule has 1 N–H and O–H groups in total. The predicted octanol–water partition coefficient (Wildman–Crippen LogP) is 3.63. The molecule has 2 fully saturated rings. The lowest BCUT2D eigenvalue weighted by molar-refractivity contribution is -0.148. The summed E-state index contributed by atoms with van der Waals surface area (Å²) in [5.41, 5.74) is 3.83. The van der Waals surface area contributed by atoms with Crippen LogP contribution in [0.2, 0.25) is 0 Å². The topological polar surface area (TPSA) is 62.7 Å². The summed E-state index contributed by atoms with van der Waals surface area (Å²) in [7, 11) is 1.46. The number of allylic oxidation sites excluding steroid dienone is 1. The molecule has 6 heteroatoms. The van der Waals surface area contributed by atoms with Crippen LogP contribution in [0.1, 0.15) is 12.5 Å². The number of rotatable bonds is 3. The number of esters is 1. The molecule has 1 saturated carbocycles. The minimum Gasteiger partial charge on any atom is -0.507 e. The number of benzene rings is 1. The van der Waals surface area contributed by atoms with Gasteiger partial charge in [-0.25, -0.2) is 4.98 Å². The van der Waals surface area contributed by atoms with E-state index in [4.69, 9.17) is 9.72 Å². The second kappa shape index (κ2) is 6.43. The highest BCUT2D eigenvalue weighted by atomic mass is 32.1. The van der Waals surface area contributed by atoms with Gasteiger partial charge in [0.15, 0.2) is 5.13 Å². The van der Waals surface area contributed by atoms with E-state index in [-0.39, 0.29) is 17.6 Å². The van der Waals surface area contributed by atoms with Crippen molar-refractivity contribution in [2.45, 2.75) is 13.8 Å². The number of aryl methyl sites for hydroxylation is 1. The van der Waals surface area contributed by atoms with Crippen LogP contribution >= 0.6 is 11.3 Å². The Bertz CT molecular complexity index is 889. The second-order valence-electron chi connectivity index (χ2n) is 7.00. The van der Waals surface area contributed by atoms with E-state index in [2.05, 4.69) is 11.0 Å². The Labute approximate surface area is 156 Å². The highest BCUT2D eigenvalue weighted by Crippen LogP contribution is 2.51. The molecule has 2 aromatic rings. The Morgan fingerprint density at radius 3 is 2.96 bits per heavy atom. The van der Waals surface area contributed by atoms with E-state index in [1.807, 2.05) is 31.4 Å². The highest BCUT2D eigenvalue weighted by Gasteiger charge is 2.54. The molecule has 0 bridgehead atoms. The molecule has 2 heterocycles. The van der Waals surface area contributed by atoms with Crippen LogP contribution in [0.4, 0.5) is 5.13 Å². The number of aromatic hydroxyl groups is 1. The fourth-order valence-corrected chi connectivity index (χ4v) is 5.10. The lowest BCUT2D eigenvalue weighted by atomic mass is 9.62. The first-order valence-corrected chi connectivity index (χ1v) is 9.65. The number of carbonyl (C=O) groups is 1. The number of hydrogen-bond acceptors (Lipinski definition) is 6. The molecular weight excluding hydrogens is 348 g/mol. The Morgan fingerprint density at radius 1 is 1.42 bits per heavy atom. The number of phenols is 1. The lowest BCUT2D eigenvalue weighted by Crippen LogP contribution is -2.44. The predicted molar refractivity (Wildman–Crippen MR) is 102 cm³/mol. The zero-order valence-corrected chi connectivity index (χ0v) is 15.9. The molecule has 2 aliphatic rings. The molecule has 1 saturated heterocycles. The zero-order chi connectivity index (χ0) is 18.4. The normalized spacial score (nSPS) is 25.9. The summed E-state index contributed by atoms with van der Waals surface area (Å²) in [6, 6.07) is 5.54. The summed E-state index contributed by atoms with van der Waals surface area (Å²) in [5, 5.41) is 13.1. The molecule has 26 heavy (non-hydrogen) atoms. The van der Waals surface area contributed by atoms with Crippen LogP contribution in [0, 0.1) is 24.7 Å². The van der Waals surface area contributed by atoms with Gasteiger partial charge in [0.25, 0.3) is 0 Å². The van der Waals surface area contributed by atoms with Crippen LogP contribution in [0.15, 0.2) is 35.2 Å². The van der Waals surface area contributed by atoms with Gasteiger partial charge in [-0.1, -0.05) is 23.3 Å². The minimum atomic E-state index is -0.134. The van der Waals surface area contributed by atoms with Crippen molar-refractivity contribution in [3.05, 3.63) is 40.8 Å². The van der Waals surface area contributed by atoms with Gasteiger partial charge in [0.1, 0.15) is 5.75 Å². The fraction of sp³-hybridized carbons (Fsp3) is 0.400. The first-order chi connectivity index (χ1) is 12.5. The zero-order valence-electron chi connectivity index (χ0n) is 15.1. The number of ether oxygens (including phenoxy) is 1. The lowest BCUT2D eigenvalue weighted by Gasteiger charge is -2.40. The smallest absolute Gasteiger partial charge is 0.313 e. The molecule has 0 radical (unpaired) electrons. The van der Waals surface area contributed by atoms with E-state index in [9.17, 15) is 9.90 Å². The molecular formula is C20H22N2O3S. The summed E-state index contributed by atoms with van der Waals surface area (Å²) in [5.74, 6) is 0.707. The van der Waals surface area contributed by atoms with Crippen LogP contribution in [-0.2, 0) is 9.53 Å². The van der Waals surface area contributed by atoms with Crippen LogP contribution in [0.5, 0.6) is 5.75 Å². The Morgan fingerprint density at radius 2 is 2.23 bits per heavy atom. The molecule has 1 aromatic heterocycles. The summed E-state index contributed by atoms with van der Waals surface area (Å²) in [6.07, 6.45) is 2.06. The summed E-state index contributed by atoms with van der Waals surface area (Å²) in [6.45, 7) is 5.69. The molecule has 0 spiro atoms. The molecule has 5 nitrogen and oxygen atoms in total. The van der Waals surface area contributed by atoms with E-state index < -0.39 is 0 Å². The largest absolute Gasteiger partial charge is 0.507 e. The number of methoxy groups -OCH3 is 1. The quantitative estimate of drug-likeness (QED) is 0.660. The van der Waals surface area contributed by atoms with E-state index in [0.29, 0.717) is 11.8 Å². The van der Waals surface area contributed by atoms with Gasteiger partial charge in [0.05, 0.1) is 18.7 Å².